The maximum absolute atomic E-state index is 11.9. The van der Waals surface area contributed by atoms with Crippen LogP contribution < -0.4 is 5.32 Å². The summed E-state index contributed by atoms with van der Waals surface area (Å²) in [5.74, 6) is 0. The maximum Gasteiger partial charge on any atom is 0.410 e. The summed E-state index contributed by atoms with van der Waals surface area (Å²) in [6.45, 7) is 19.7. The molecule has 1 amide bonds. The highest BCUT2D eigenvalue weighted by molar-refractivity contribution is 5.68. The van der Waals surface area contributed by atoms with Crippen LogP contribution in [0, 0.1) is 0 Å². The van der Waals surface area contributed by atoms with Gasteiger partial charge >= 0.3 is 6.09 Å². The van der Waals surface area contributed by atoms with Crippen LogP contribution in [0.25, 0.3) is 0 Å². The Kier molecular flexibility index (Phi) is 10.2. The molecule has 0 aromatic carbocycles. The molecule has 0 aromatic heterocycles. The SMILES string of the molecule is CC(C)(C)OC(=O)N1CCC(OC(C)(C)C)CC1.CC(C)OC1CCNCC1. The molecule has 0 saturated carbocycles. The lowest BCUT2D eigenvalue weighted by Gasteiger charge is -2.36. The molecule has 6 heteroatoms. The van der Waals surface area contributed by atoms with E-state index in [0.29, 0.717) is 12.2 Å². The third-order valence-electron chi connectivity index (χ3n) is 4.36. The highest BCUT2D eigenvalue weighted by atomic mass is 16.6. The first-order chi connectivity index (χ1) is 12.9. The summed E-state index contributed by atoms with van der Waals surface area (Å²) in [5.41, 5.74) is -0.533. The molecule has 1 N–H and O–H groups in total. The Balaban J connectivity index is 0.000000330. The first-order valence-electron chi connectivity index (χ1n) is 10.9. The Morgan fingerprint density at radius 3 is 1.86 bits per heavy atom. The number of rotatable bonds is 3. The van der Waals surface area contributed by atoms with Crippen LogP contribution in [0.4, 0.5) is 4.79 Å². The summed E-state index contributed by atoms with van der Waals surface area (Å²) in [6.07, 6.45) is 5.08. The number of carbonyl (C=O) groups is 1. The Morgan fingerprint density at radius 2 is 1.43 bits per heavy atom. The van der Waals surface area contributed by atoms with E-state index in [1.54, 1.807) is 4.90 Å². The number of nitrogens with zero attached hydrogens (tertiary/aromatic N) is 1. The average Bonchev–Trinajstić information content (AvgIpc) is 2.53. The Labute approximate surface area is 172 Å². The minimum absolute atomic E-state index is 0.112. The van der Waals surface area contributed by atoms with E-state index >= 15 is 0 Å². The predicted molar refractivity (Wildman–Crippen MR) is 114 cm³/mol. The summed E-state index contributed by atoms with van der Waals surface area (Å²) < 4.78 is 16.9. The zero-order chi connectivity index (χ0) is 21.4. The van der Waals surface area contributed by atoms with Gasteiger partial charge in [-0.1, -0.05) is 0 Å². The standard InChI is InChI=1S/C14H27NO3.C8H17NO/c1-13(2,3)17-11-7-9-15(10-8-11)12(16)18-14(4,5)6;1-7(2)10-8-3-5-9-6-4-8/h11H,7-10H2,1-6H3;7-9H,3-6H2,1-2H3. The summed E-state index contributed by atoms with van der Waals surface area (Å²) >= 11 is 0. The number of amides is 1. The van der Waals surface area contributed by atoms with Crippen LogP contribution in [0.2, 0.25) is 0 Å². The van der Waals surface area contributed by atoms with E-state index < -0.39 is 5.60 Å². The molecule has 0 radical (unpaired) electrons. The van der Waals surface area contributed by atoms with Gasteiger partial charge in [0, 0.05) is 13.1 Å². The number of hydrogen-bond acceptors (Lipinski definition) is 5. The van der Waals surface area contributed by atoms with Crippen molar-refractivity contribution < 1.29 is 19.0 Å². The second-order valence-electron chi connectivity index (χ2n) is 10.0. The molecule has 0 aromatic rings. The first-order valence-corrected chi connectivity index (χ1v) is 10.9. The third kappa shape index (κ3) is 11.9. The highest BCUT2D eigenvalue weighted by Crippen LogP contribution is 2.21. The van der Waals surface area contributed by atoms with Crippen molar-refractivity contribution in [3.63, 3.8) is 0 Å². The second-order valence-corrected chi connectivity index (χ2v) is 10.0. The Bertz CT molecular complexity index is 440. The van der Waals surface area contributed by atoms with Gasteiger partial charge in [0.05, 0.1) is 23.9 Å². The van der Waals surface area contributed by atoms with E-state index in [-0.39, 0.29) is 17.8 Å². The minimum Gasteiger partial charge on any atom is -0.444 e. The average molecular weight is 401 g/mol. The lowest BCUT2D eigenvalue weighted by molar-refractivity contribution is -0.0823. The molecule has 0 spiro atoms. The molecule has 0 unspecified atom stereocenters. The van der Waals surface area contributed by atoms with Gasteiger partial charge in [-0.15, -0.1) is 0 Å². The molecule has 0 bridgehead atoms. The van der Waals surface area contributed by atoms with Crippen molar-refractivity contribution in [2.45, 2.75) is 111 Å². The molecule has 2 aliphatic heterocycles. The number of piperidine rings is 2. The molecule has 28 heavy (non-hydrogen) atoms. The van der Waals surface area contributed by atoms with E-state index in [0.717, 1.165) is 39.0 Å². The molecule has 2 rings (SSSR count). The molecule has 2 fully saturated rings. The van der Waals surface area contributed by atoms with Gasteiger partial charge in [0.1, 0.15) is 5.60 Å². The summed E-state index contributed by atoms with van der Waals surface area (Å²) in [5, 5.41) is 3.31. The second kappa shape index (κ2) is 11.4. The van der Waals surface area contributed by atoms with Gasteiger partial charge in [0.2, 0.25) is 0 Å². The maximum atomic E-state index is 11.9. The van der Waals surface area contributed by atoms with Gasteiger partial charge in [0.25, 0.3) is 0 Å². The van der Waals surface area contributed by atoms with E-state index in [1.807, 2.05) is 20.8 Å². The van der Waals surface area contributed by atoms with Gasteiger partial charge in [-0.2, -0.15) is 0 Å². The Morgan fingerprint density at radius 1 is 0.893 bits per heavy atom. The Hall–Kier alpha value is -0.850. The fourth-order valence-corrected chi connectivity index (χ4v) is 3.30. The summed E-state index contributed by atoms with van der Waals surface area (Å²) in [4.78, 5) is 13.6. The molecular formula is C22H44N2O4. The summed E-state index contributed by atoms with van der Waals surface area (Å²) in [6, 6.07) is 0. The van der Waals surface area contributed by atoms with Crippen molar-refractivity contribution in [2.75, 3.05) is 26.2 Å². The van der Waals surface area contributed by atoms with Crippen LogP contribution in [-0.2, 0) is 14.2 Å². The zero-order valence-electron chi connectivity index (χ0n) is 19.5. The smallest absolute Gasteiger partial charge is 0.410 e. The number of carbonyl (C=O) groups excluding carboxylic acids is 1. The normalized spacial score (nSPS) is 20.0. The van der Waals surface area contributed by atoms with Crippen LogP contribution >= 0.6 is 0 Å². The van der Waals surface area contributed by atoms with Crippen molar-refractivity contribution in [1.29, 1.82) is 0 Å². The largest absolute Gasteiger partial charge is 0.444 e. The molecule has 6 nitrogen and oxygen atoms in total. The lowest BCUT2D eigenvalue weighted by atomic mass is 10.1. The number of hydrogen-bond donors (Lipinski definition) is 1. The van der Waals surface area contributed by atoms with Crippen molar-refractivity contribution in [3.8, 4) is 0 Å². The van der Waals surface area contributed by atoms with Crippen LogP contribution in [0.1, 0.15) is 81.1 Å². The fraction of sp³-hybridized carbons (Fsp3) is 0.955. The fourth-order valence-electron chi connectivity index (χ4n) is 3.30. The van der Waals surface area contributed by atoms with Gasteiger partial charge in [-0.25, -0.2) is 4.79 Å². The predicted octanol–water partition coefficient (Wildman–Crippen LogP) is 4.36. The van der Waals surface area contributed by atoms with Crippen LogP contribution in [0.3, 0.4) is 0 Å². The lowest BCUT2D eigenvalue weighted by Crippen LogP contribution is -2.44. The quantitative estimate of drug-likeness (QED) is 0.762. The molecule has 0 atom stereocenters. The van der Waals surface area contributed by atoms with E-state index in [9.17, 15) is 4.79 Å². The van der Waals surface area contributed by atoms with Crippen molar-refractivity contribution in [2.24, 2.45) is 0 Å². The molecule has 2 heterocycles. The van der Waals surface area contributed by atoms with Crippen molar-refractivity contribution in [3.05, 3.63) is 0 Å². The molecule has 166 valence electrons. The van der Waals surface area contributed by atoms with Crippen LogP contribution in [0.5, 0.6) is 0 Å². The molecule has 2 aliphatic rings. The van der Waals surface area contributed by atoms with E-state index in [2.05, 4.69) is 39.9 Å². The van der Waals surface area contributed by atoms with Gasteiger partial charge < -0.3 is 24.4 Å². The minimum atomic E-state index is -0.421. The number of nitrogens with one attached hydrogen (secondary N) is 1. The van der Waals surface area contributed by atoms with Crippen LogP contribution in [-0.4, -0.2) is 66.7 Å². The molecular weight excluding hydrogens is 356 g/mol. The third-order valence-corrected chi connectivity index (χ3v) is 4.36. The topological polar surface area (TPSA) is 60.0 Å². The van der Waals surface area contributed by atoms with E-state index in [4.69, 9.17) is 14.2 Å². The van der Waals surface area contributed by atoms with E-state index in [1.165, 1.54) is 12.8 Å². The highest BCUT2D eigenvalue weighted by Gasteiger charge is 2.29. The number of ether oxygens (including phenoxy) is 3. The van der Waals surface area contributed by atoms with Gasteiger partial charge in [0.15, 0.2) is 0 Å². The van der Waals surface area contributed by atoms with Crippen LogP contribution in [0.15, 0.2) is 0 Å². The zero-order valence-corrected chi connectivity index (χ0v) is 19.5. The van der Waals surface area contributed by atoms with Crippen molar-refractivity contribution >= 4 is 6.09 Å². The van der Waals surface area contributed by atoms with Gasteiger partial charge in [-0.05, 0) is 94.2 Å². The monoisotopic (exact) mass is 400 g/mol. The van der Waals surface area contributed by atoms with Crippen molar-refractivity contribution in [1.82, 2.24) is 10.2 Å². The molecule has 2 saturated heterocycles. The summed E-state index contributed by atoms with van der Waals surface area (Å²) in [7, 11) is 0. The first kappa shape index (κ1) is 25.2. The number of likely N-dealkylation sites (tertiary alicyclic amines) is 1. The van der Waals surface area contributed by atoms with Gasteiger partial charge in [-0.3, -0.25) is 0 Å². The molecule has 0 aliphatic carbocycles.